The van der Waals surface area contributed by atoms with Crippen LogP contribution in [0.4, 0.5) is 0 Å². The standard InChI is InChI=1S/C49H33N5S/c1-49(2)40-22-20-32(25-37(40)38-27-42-45(28-41(38)49)55-29-50-42)33-21-23-44-39(26-33)36-18-9-10-19-43(36)54(44)35-17-11-16-34(24-35)48-52-46(30-12-5-3-6-13-30)51-47(53-48)31-14-7-4-8-15-31/h3-29H,1-2H3. The Kier molecular flexibility index (Phi) is 7.00. The van der Waals surface area contributed by atoms with Gasteiger partial charge in [-0.3, -0.25) is 0 Å². The molecule has 10 aromatic rings. The first kappa shape index (κ1) is 31.7. The van der Waals surface area contributed by atoms with Crippen LogP contribution in [0.15, 0.2) is 163 Å². The van der Waals surface area contributed by atoms with E-state index in [0.717, 1.165) is 38.9 Å². The SMILES string of the molecule is CC1(C)c2ccc(-c3ccc4c(c3)c3ccccc3n4-c3cccc(-c4nc(-c5ccccc5)nc(-c5ccccc5)n4)c3)cc2-c2cc3ncsc3cc21. The van der Waals surface area contributed by atoms with Crippen molar-refractivity contribution < 1.29 is 0 Å². The van der Waals surface area contributed by atoms with Gasteiger partial charge in [0.25, 0.3) is 0 Å². The summed E-state index contributed by atoms with van der Waals surface area (Å²) in [5, 5.41) is 2.42. The van der Waals surface area contributed by atoms with Gasteiger partial charge >= 0.3 is 0 Å². The molecular formula is C49H33N5S. The summed E-state index contributed by atoms with van der Waals surface area (Å²) in [5.41, 5.74) is 16.9. The van der Waals surface area contributed by atoms with Crippen molar-refractivity contribution in [3.63, 3.8) is 0 Å². The van der Waals surface area contributed by atoms with Crippen molar-refractivity contribution in [3.05, 3.63) is 174 Å². The van der Waals surface area contributed by atoms with Crippen LogP contribution in [0.5, 0.6) is 0 Å². The highest BCUT2D eigenvalue weighted by Crippen LogP contribution is 2.51. The number of aromatic nitrogens is 5. The van der Waals surface area contributed by atoms with Crippen LogP contribution in [0.2, 0.25) is 0 Å². The number of fused-ring (bicyclic) bond motifs is 7. The zero-order valence-electron chi connectivity index (χ0n) is 30.2. The molecule has 0 atom stereocenters. The quantitative estimate of drug-likeness (QED) is 0.177. The van der Waals surface area contributed by atoms with Gasteiger partial charge in [-0.05, 0) is 81.9 Å². The Bertz CT molecular complexity index is 3070. The first-order chi connectivity index (χ1) is 27.0. The summed E-state index contributed by atoms with van der Waals surface area (Å²) >= 11 is 1.71. The first-order valence-electron chi connectivity index (χ1n) is 18.5. The van der Waals surface area contributed by atoms with Crippen molar-refractivity contribution in [3.8, 4) is 62.1 Å². The second-order valence-electron chi connectivity index (χ2n) is 14.8. The first-order valence-corrected chi connectivity index (χ1v) is 19.4. The molecule has 260 valence electrons. The minimum absolute atomic E-state index is 0.0686. The van der Waals surface area contributed by atoms with Gasteiger partial charge < -0.3 is 4.57 Å². The summed E-state index contributed by atoms with van der Waals surface area (Å²) in [6, 6.07) is 56.0. The molecule has 1 aliphatic rings. The number of thiazole rings is 1. The third-order valence-corrected chi connectivity index (χ3v) is 12.0. The third kappa shape index (κ3) is 5.06. The fourth-order valence-corrected chi connectivity index (χ4v) is 9.13. The van der Waals surface area contributed by atoms with E-state index in [2.05, 4.69) is 120 Å². The highest BCUT2D eigenvalue weighted by Gasteiger charge is 2.36. The van der Waals surface area contributed by atoms with Gasteiger partial charge in [0, 0.05) is 38.6 Å². The molecule has 0 bridgehead atoms. The van der Waals surface area contributed by atoms with Crippen LogP contribution in [0.3, 0.4) is 0 Å². The Morgan fingerprint density at radius 1 is 0.473 bits per heavy atom. The Labute approximate surface area is 322 Å². The van der Waals surface area contributed by atoms with Crippen molar-refractivity contribution in [1.29, 1.82) is 0 Å². The molecule has 0 radical (unpaired) electrons. The molecule has 3 aromatic heterocycles. The predicted molar refractivity (Wildman–Crippen MR) is 227 cm³/mol. The monoisotopic (exact) mass is 723 g/mol. The summed E-state index contributed by atoms with van der Waals surface area (Å²) in [4.78, 5) is 19.6. The van der Waals surface area contributed by atoms with E-state index in [1.54, 1.807) is 11.3 Å². The molecule has 5 nitrogen and oxygen atoms in total. The lowest BCUT2D eigenvalue weighted by molar-refractivity contribution is 0.661. The molecule has 55 heavy (non-hydrogen) atoms. The van der Waals surface area contributed by atoms with E-state index in [4.69, 9.17) is 15.0 Å². The number of rotatable bonds is 5. The van der Waals surface area contributed by atoms with E-state index in [1.807, 2.05) is 66.2 Å². The molecule has 0 spiro atoms. The zero-order valence-corrected chi connectivity index (χ0v) is 31.0. The number of para-hydroxylation sites is 1. The van der Waals surface area contributed by atoms with Gasteiger partial charge in [0.1, 0.15) is 0 Å². The van der Waals surface area contributed by atoms with Gasteiger partial charge in [0.2, 0.25) is 0 Å². The van der Waals surface area contributed by atoms with Crippen molar-refractivity contribution in [2.75, 3.05) is 0 Å². The average molecular weight is 724 g/mol. The normalized spacial score (nSPS) is 13.1. The highest BCUT2D eigenvalue weighted by atomic mass is 32.1. The lowest BCUT2D eigenvalue weighted by atomic mass is 9.82. The van der Waals surface area contributed by atoms with Crippen LogP contribution in [0.25, 0.3) is 94.1 Å². The predicted octanol–water partition coefficient (Wildman–Crippen LogP) is 12.6. The molecule has 6 heteroatoms. The number of benzene rings is 7. The topological polar surface area (TPSA) is 56.5 Å². The molecule has 0 N–H and O–H groups in total. The molecule has 11 rings (SSSR count). The smallest absolute Gasteiger partial charge is 0.164 e. The van der Waals surface area contributed by atoms with Gasteiger partial charge in [0.05, 0.1) is 26.8 Å². The average Bonchev–Trinajstić information content (AvgIpc) is 3.91. The summed E-state index contributed by atoms with van der Waals surface area (Å²) in [7, 11) is 0. The highest BCUT2D eigenvalue weighted by molar-refractivity contribution is 7.16. The van der Waals surface area contributed by atoms with Gasteiger partial charge in [-0.15, -0.1) is 11.3 Å². The van der Waals surface area contributed by atoms with Crippen molar-refractivity contribution in [2.45, 2.75) is 19.3 Å². The Balaban J connectivity index is 1.04. The maximum atomic E-state index is 5.02. The van der Waals surface area contributed by atoms with Gasteiger partial charge in [-0.2, -0.15) is 0 Å². The van der Waals surface area contributed by atoms with E-state index in [-0.39, 0.29) is 5.41 Å². The Hall–Kier alpha value is -6.76. The molecule has 0 fully saturated rings. The van der Waals surface area contributed by atoms with Gasteiger partial charge in [-0.25, -0.2) is 19.9 Å². The molecule has 0 saturated heterocycles. The molecule has 0 amide bonds. The van der Waals surface area contributed by atoms with Gasteiger partial charge in [0.15, 0.2) is 17.5 Å². The second-order valence-corrected chi connectivity index (χ2v) is 15.7. The van der Waals surface area contributed by atoms with Crippen LogP contribution in [-0.2, 0) is 5.41 Å². The molecular weight excluding hydrogens is 691 g/mol. The molecule has 7 aromatic carbocycles. The Morgan fingerprint density at radius 2 is 1.09 bits per heavy atom. The lowest BCUT2D eigenvalue weighted by Crippen LogP contribution is -2.14. The fraction of sp³-hybridized carbons (Fsp3) is 0.0612. The summed E-state index contributed by atoms with van der Waals surface area (Å²) in [6.45, 7) is 4.68. The van der Waals surface area contributed by atoms with Crippen LogP contribution in [-0.4, -0.2) is 24.5 Å². The van der Waals surface area contributed by atoms with Crippen LogP contribution in [0.1, 0.15) is 25.0 Å². The Morgan fingerprint density at radius 3 is 1.85 bits per heavy atom. The minimum atomic E-state index is -0.0686. The van der Waals surface area contributed by atoms with E-state index in [1.165, 1.54) is 48.9 Å². The van der Waals surface area contributed by atoms with Crippen molar-refractivity contribution in [2.24, 2.45) is 0 Å². The summed E-state index contributed by atoms with van der Waals surface area (Å²) in [5.74, 6) is 1.93. The second kappa shape index (κ2) is 12.1. The summed E-state index contributed by atoms with van der Waals surface area (Å²) in [6.07, 6.45) is 0. The third-order valence-electron chi connectivity index (χ3n) is 11.2. The molecule has 0 saturated carbocycles. The maximum Gasteiger partial charge on any atom is 0.164 e. The van der Waals surface area contributed by atoms with Gasteiger partial charge in [-0.1, -0.05) is 123 Å². The zero-order chi connectivity index (χ0) is 36.7. The number of nitrogens with zero attached hydrogens (tertiary/aromatic N) is 5. The van der Waals surface area contributed by atoms with E-state index in [0.29, 0.717) is 17.5 Å². The van der Waals surface area contributed by atoms with E-state index < -0.39 is 0 Å². The molecule has 3 heterocycles. The maximum absolute atomic E-state index is 5.02. The molecule has 1 aliphatic carbocycles. The number of hydrogen-bond donors (Lipinski definition) is 0. The molecule has 0 aliphatic heterocycles. The number of hydrogen-bond acceptors (Lipinski definition) is 5. The molecule has 0 unspecified atom stereocenters. The fourth-order valence-electron chi connectivity index (χ4n) is 8.43. The lowest BCUT2D eigenvalue weighted by Gasteiger charge is -2.21. The van der Waals surface area contributed by atoms with E-state index >= 15 is 0 Å². The van der Waals surface area contributed by atoms with Crippen molar-refractivity contribution >= 4 is 43.4 Å². The van der Waals surface area contributed by atoms with Crippen molar-refractivity contribution in [1.82, 2.24) is 24.5 Å². The van der Waals surface area contributed by atoms with E-state index in [9.17, 15) is 0 Å². The van der Waals surface area contributed by atoms with Crippen LogP contribution < -0.4 is 0 Å². The van der Waals surface area contributed by atoms with Crippen LogP contribution in [0, 0.1) is 0 Å². The summed E-state index contributed by atoms with van der Waals surface area (Å²) < 4.78 is 3.60. The minimum Gasteiger partial charge on any atom is -0.309 e. The largest absolute Gasteiger partial charge is 0.309 e. The van der Waals surface area contributed by atoms with Crippen LogP contribution >= 0.6 is 11.3 Å².